The molecular formula is C30H32N2O. The SMILES string of the molecule is CCOc1ccc2ccccc2c1-c1ccc2c(c1)N(C(C)C)c1ccccc1N2C(C)C. The van der Waals surface area contributed by atoms with Gasteiger partial charge in [-0.25, -0.2) is 0 Å². The summed E-state index contributed by atoms with van der Waals surface area (Å²) in [7, 11) is 0. The van der Waals surface area contributed by atoms with E-state index in [9.17, 15) is 0 Å². The quantitative estimate of drug-likeness (QED) is 0.313. The van der Waals surface area contributed by atoms with E-state index in [0.717, 1.165) is 11.3 Å². The van der Waals surface area contributed by atoms with Crippen molar-refractivity contribution in [2.24, 2.45) is 0 Å². The second-order valence-electron chi connectivity index (χ2n) is 9.21. The van der Waals surface area contributed by atoms with Crippen molar-refractivity contribution in [3.05, 3.63) is 78.9 Å². The van der Waals surface area contributed by atoms with Gasteiger partial charge in [-0.15, -0.1) is 0 Å². The summed E-state index contributed by atoms with van der Waals surface area (Å²) >= 11 is 0. The second-order valence-corrected chi connectivity index (χ2v) is 9.21. The van der Waals surface area contributed by atoms with Gasteiger partial charge in [-0.3, -0.25) is 0 Å². The molecule has 1 aliphatic heterocycles. The molecule has 0 spiro atoms. The topological polar surface area (TPSA) is 15.7 Å². The number of hydrogen-bond acceptors (Lipinski definition) is 3. The molecule has 1 aliphatic rings. The molecular weight excluding hydrogens is 404 g/mol. The summed E-state index contributed by atoms with van der Waals surface area (Å²) in [4.78, 5) is 4.93. The number of nitrogens with zero attached hydrogens (tertiary/aromatic N) is 2. The van der Waals surface area contributed by atoms with E-state index in [-0.39, 0.29) is 0 Å². The number of anilines is 4. The number of benzene rings is 4. The van der Waals surface area contributed by atoms with Crippen molar-refractivity contribution in [1.29, 1.82) is 0 Å². The largest absolute Gasteiger partial charge is 0.493 e. The third-order valence-corrected chi connectivity index (χ3v) is 6.41. The highest BCUT2D eigenvalue weighted by atomic mass is 16.5. The Hall–Kier alpha value is -3.46. The minimum atomic E-state index is 0.327. The molecule has 4 aromatic carbocycles. The Bertz CT molecular complexity index is 1310. The van der Waals surface area contributed by atoms with Gasteiger partial charge < -0.3 is 14.5 Å². The van der Waals surface area contributed by atoms with Gasteiger partial charge in [0.1, 0.15) is 5.75 Å². The van der Waals surface area contributed by atoms with Gasteiger partial charge in [0.15, 0.2) is 0 Å². The van der Waals surface area contributed by atoms with Crippen LogP contribution in [-0.2, 0) is 0 Å². The zero-order valence-electron chi connectivity index (χ0n) is 20.2. The number of fused-ring (bicyclic) bond motifs is 3. The summed E-state index contributed by atoms with van der Waals surface area (Å²) in [5.41, 5.74) is 7.36. The molecule has 0 amide bonds. The highest BCUT2D eigenvalue weighted by Gasteiger charge is 2.31. The van der Waals surface area contributed by atoms with Crippen molar-refractivity contribution < 1.29 is 4.74 Å². The van der Waals surface area contributed by atoms with Crippen LogP contribution in [-0.4, -0.2) is 18.7 Å². The Morgan fingerprint density at radius 3 is 1.94 bits per heavy atom. The molecule has 0 fully saturated rings. The first-order chi connectivity index (χ1) is 16.0. The molecule has 5 rings (SSSR count). The van der Waals surface area contributed by atoms with E-state index < -0.39 is 0 Å². The van der Waals surface area contributed by atoms with Crippen LogP contribution in [0.2, 0.25) is 0 Å². The normalized spacial score (nSPS) is 12.9. The minimum Gasteiger partial charge on any atom is -0.493 e. The lowest BCUT2D eigenvalue weighted by Crippen LogP contribution is -2.36. The predicted molar refractivity (Wildman–Crippen MR) is 142 cm³/mol. The minimum absolute atomic E-state index is 0.327. The Labute approximate surface area is 197 Å². The van der Waals surface area contributed by atoms with Gasteiger partial charge >= 0.3 is 0 Å². The van der Waals surface area contributed by atoms with E-state index in [0.29, 0.717) is 18.7 Å². The number of rotatable bonds is 5. The monoisotopic (exact) mass is 436 g/mol. The summed E-state index contributed by atoms with van der Waals surface area (Å²) < 4.78 is 6.11. The molecule has 0 N–H and O–H groups in total. The van der Waals surface area contributed by atoms with Crippen LogP contribution >= 0.6 is 0 Å². The standard InChI is InChI=1S/C30H32N2O/c1-6-33-29-18-16-22-11-7-8-12-24(22)30(29)23-15-17-27-28(19-23)32(21(4)5)26-14-10-9-13-25(26)31(27)20(2)3/h7-21H,6H2,1-5H3. The van der Waals surface area contributed by atoms with Gasteiger partial charge in [-0.1, -0.05) is 48.5 Å². The fourth-order valence-electron chi connectivity index (χ4n) is 5.14. The lowest BCUT2D eigenvalue weighted by Gasteiger charge is -2.44. The van der Waals surface area contributed by atoms with Crippen molar-refractivity contribution in [1.82, 2.24) is 0 Å². The van der Waals surface area contributed by atoms with Gasteiger partial charge in [-0.05, 0) is 81.3 Å². The van der Waals surface area contributed by atoms with Gasteiger partial charge in [-0.2, -0.15) is 0 Å². The molecule has 0 unspecified atom stereocenters. The lowest BCUT2D eigenvalue weighted by atomic mass is 9.94. The average molecular weight is 437 g/mol. The van der Waals surface area contributed by atoms with Gasteiger partial charge in [0.25, 0.3) is 0 Å². The van der Waals surface area contributed by atoms with Crippen molar-refractivity contribution in [3.8, 4) is 16.9 Å². The van der Waals surface area contributed by atoms with E-state index in [4.69, 9.17) is 4.74 Å². The zero-order chi connectivity index (χ0) is 23.1. The number of hydrogen-bond donors (Lipinski definition) is 0. The van der Waals surface area contributed by atoms with Crippen LogP contribution in [0.4, 0.5) is 22.7 Å². The highest BCUT2D eigenvalue weighted by molar-refractivity contribution is 6.02. The van der Waals surface area contributed by atoms with Gasteiger partial charge in [0.05, 0.1) is 29.4 Å². The van der Waals surface area contributed by atoms with Gasteiger partial charge in [0.2, 0.25) is 0 Å². The summed E-state index contributed by atoms with van der Waals surface area (Å²) in [6.45, 7) is 11.7. The zero-order valence-corrected chi connectivity index (χ0v) is 20.2. The van der Waals surface area contributed by atoms with E-state index in [1.54, 1.807) is 0 Å². The Morgan fingerprint density at radius 2 is 1.27 bits per heavy atom. The molecule has 0 bridgehead atoms. The molecule has 0 radical (unpaired) electrons. The maximum atomic E-state index is 6.11. The van der Waals surface area contributed by atoms with Crippen LogP contribution in [0.5, 0.6) is 5.75 Å². The van der Waals surface area contributed by atoms with Crippen molar-refractivity contribution in [2.45, 2.75) is 46.7 Å². The first-order valence-electron chi connectivity index (χ1n) is 12.0. The molecule has 33 heavy (non-hydrogen) atoms. The van der Waals surface area contributed by atoms with Crippen LogP contribution in [0.1, 0.15) is 34.6 Å². The lowest BCUT2D eigenvalue weighted by molar-refractivity contribution is 0.342. The predicted octanol–water partition coefficient (Wildman–Crippen LogP) is 8.31. The first kappa shape index (κ1) is 21.4. The third kappa shape index (κ3) is 3.52. The molecule has 0 aromatic heterocycles. The Morgan fingerprint density at radius 1 is 0.667 bits per heavy atom. The number of para-hydroxylation sites is 2. The number of ether oxygens (including phenoxy) is 1. The molecule has 0 saturated carbocycles. The third-order valence-electron chi connectivity index (χ3n) is 6.41. The maximum absolute atomic E-state index is 6.11. The summed E-state index contributed by atoms with van der Waals surface area (Å²) in [5.74, 6) is 0.934. The smallest absolute Gasteiger partial charge is 0.127 e. The highest BCUT2D eigenvalue weighted by Crippen LogP contribution is 2.51. The molecule has 4 aromatic rings. The van der Waals surface area contributed by atoms with Gasteiger partial charge in [0, 0.05) is 17.6 Å². The average Bonchev–Trinajstić information content (AvgIpc) is 2.81. The summed E-state index contributed by atoms with van der Waals surface area (Å²) in [6, 6.07) is 29.1. The Kier molecular flexibility index (Phi) is 5.49. The van der Waals surface area contributed by atoms with Crippen molar-refractivity contribution in [2.75, 3.05) is 16.4 Å². The molecule has 3 heteroatoms. The van der Waals surface area contributed by atoms with Crippen LogP contribution in [0, 0.1) is 0 Å². The second kappa shape index (κ2) is 8.47. The molecule has 3 nitrogen and oxygen atoms in total. The molecule has 1 heterocycles. The molecule has 0 saturated heterocycles. The van der Waals surface area contributed by atoms with Crippen molar-refractivity contribution >= 4 is 33.5 Å². The molecule has 168 valence electrons. The van der Waals surface area contributed by atoms with E-state index in [1.165, 1.54) is 39.1 Å². The van der Waals surface area contributed by atoms with E-state index in [2.05, 4.69) is 116 Å². The van der Waals surface area contributed by atoms with Crippen LogP contribution < -0.4 is 14.5 Å². The van der Waals surface area contributed by atoms with Crippen LogP contribution in [0.15, 0.2) is 78.9 Å². The summed E-state index contributed by atoms with van der Waals surface area (Å²) in [5, 5.41) is 2.44. The van der Waals surface area contributed by atoms with Crippen LogP contribution in [0.3, 0.4) is 0 Å². The molecule has 0 atom stereocenters. The van der Waals surface area contributed by atoms with Crippen LogP contribution in [0.25, 0.3) is 21.9 Å². The Balaban J connectivity index is 1.78. The van der Waals surface area contributed by atoms with Crippen molar-refractivity contribution in [3.63, 3.8) is 0 Å². The molecule has 0 aliphatic carbocycles. The summed E-state index contributed by atoms with van der Waals surface area (Å²) in [6.07, 6.45) is 0. The fraction of sp³-hybridized carbons (Fsp3) is 0.267. The first-order valence-corrected chi connectivity index (χ1v) is 12.0. The fourth-order valence-corrected chi connectivity index (χ4v) is 5.14. The maximum Gasteiger partial charge on any atom is 0.127 e. The van der Waals surface area contributed by atoms with E-state index >= 15 is 0 Å². The van der Waals surface area contributed by atoms with E-state index in [1.807, 2.05) is 6.92 Å².